The molecule has 0 spiro atoms. The van der Waals surface area contributed by atoms with E-state index in [4.69, 9.17) is 56.7 Å². The average Bonchev–Trinajstić information content (AvgIpc) is 4.18. The lowest BCUT2D eigenvalue weighted by Gasteiger charge is -2.11. The van der Waals surface area contributed by atoms with Crippen molar-refractivity contribution in [1.29, 1.82) is 0 Å². The van der Waals surface area contributed by atoms with Crippen LogP contribution in [0.25, 0.3) is 11.1 Å². The van der Waals surface area contributed by atoms with E-state index < -0.39 is 5.97 Å². The van der Waals surface area contributed by atoms with Gasteiger partial charge in [0, 0.05) is 5.92 Å². The Hall–Kier alpha value is -3.79. The van der Waals surface area contributed by atoms with Crippen LogP contribution in [0.1, 0.15) is 130 Å². The summed E-state index contributed by atoms with van der Waals surface area (Å²) < 4.78 is 28.2. The molecule has 8 nitrogen and oxygen atoms in total. The summed E-state index contributed by atoms with van der Waals surface area (Å²) in [6, 6.07) is 22.4. The Kier molecular flexibility index (Phi) is 15.7. The van der Waals surface area contributed by atoms with Crippen molar-refractivity contribution in [2.75, 3.05) is 26.4 Å². The number of benzene rings is 4. The van der Waals surface area contributed by atoms with Crippen molar-refractivity contribution >= 4 is 29.2 Å². The Morgan fingerprint density at radius 3 is 1.71 bits per heavy atom. The summed E-state index contributed by atoms with van der Waals surface area (Å²) in [7, 11) is 0. The summed E-state index contributed by atoms with van der Waals surface area (Å²) in [6.07, 6.45) is 17.8. The molecule has 10 heteroatoms. The Labute approximate surface area is 353 Å². The summed E-state index contributed by atoms with van der Waals surface area (Å²) in [5, 5.41) is 0.948. The van der Waals surface area contributed by atoms with Crippen molar-refractivity contribution in [3.05, 3.63) is 105 Å². The van der Waals surface area contributed by atoms with Crippen molar-refractivity contribution in [2.45, 2.75) is 122 Å². The molecule has 2 heterocycles. The molecule has 0 bridgehead atoms. The summed E-state index contributed by atoms with van der Waals surface area (Å²) in [5.41, 5.74) is 5.62. The van der Waals surface area contributed by atoms with Gasteiger partial charge in [0.15, 0.2) is 5.75 Å². The van der Waals surface area contributed by atoms with E-state index in [1.165, 1.54) is 64.2 Å². The quantitative estimate of drug-likeness (QED) is 0.0154. The maximum absolute atomic E-state index is 13.1. The number of hydrogen-bond acceptors (Lipinski definition) is 8. The molecule has 4 aromatic carbocycles. The van der Waals surface area contributed by atoms with Gasteiger partial charge < -0.3 is 28.6 Å². The minimum atomic E-state index is -0.479. The van der Waals surface area contributed by atoms with Gasteiger partial charge in [0.2, 0.25) is 0 Å². The molecule has 0 saturated carbocycles. The van der Waals surface area contributed by atoms with Crippen molar-refractivity contribution < 1.29 is 38.3 Å². The molecule has 4 aromatic rings. The normalized spacial score (nSPS) is 17.4. The van der Waals surface area contributed by atoms with E-state index in [2.05, 4.69) is 6.92 Å². The zero-order chi connectivity index (χ0) is 40.1. The number of carbonyl (C=O) groups excluding carboxylic acids is 1. The van der Waals surface area contributed by atoms with Crippen LogP contribution in [0.2, 0.25) is 10.0 Å². The molecule has 1 aliphatic carbocycles. The zero-order valence-corrected chi connectivity index (χ0v) is 35.1. The topological polar surface area (TPSA) is 88.3 Å². The van der Waals surface area contributed by atoms with E-state index >= 15 is 0 Å². The lowest BCUT2D eigenvalue weighted by Crippen LogP contribution is -2.09. The first kappa shape index (κ1) is 42.3. The van der Waals surface area contributed by atoms with Gasteiger partial charge in [-0.15, -0.1) is 0 Å². The highest BCUT2D eigenvalue weighted by molar-refractivity contribution is 6.32. The molecule has 0 N–H and O–H groups in total. The Bertz CT molecular complexity index is 1960. The van der Waals surface area contributed by atoms with Gasteiger partial charge in [-0.2, -0.15) is 4.89 Å². The lowest BCUT2D eigenvalue weighted by molar-refractivity contribution is -0.217. The Morgan fingerprint density at radius 2 is 1.14 bits per heavy atom. The van der Waals surface area contributed by atoms with Gasteiger partial charge in [-0.25, -0.2) is 4.79 Å². The van der Waals surface area contributed by atoms with Crippen molar-refractivity contribution in [1.82, 2.24) is 0 Å². The van der Waals surface area contributed by atoms with Crippen LogP contribution >= 0.6 is 23.2 Å². The second-order valence-corrected chi connectivity index (χ2v) is 16.6. The molecule has 3 unspecified atom stereocenters. The molecule has 2 saturated heterocycles. The van der Waals surface area contributed by atoms with E-state index in [9.17, 15) is 4.79 Å². The molecular weight excluding hydrogens is 775 g/mol. The van der Waals surface area contributed by atoms with Gasteiger partial charge >= 0.3 is 5.97 Å². The molecule has 7 rings (SSSR count). The van der Waals surface area contributed by atoms with Gasteiger partial charge in [-0.05, 0) is 108 Å². The number of rotatable bonds is 26. The van der Waals surface area contributed by atoms with Crippen molar-refractivity contribution in [3.63, 3.8) is 0 Å². The third-order valence-corrected chi connectivity index (χ3v) is 11.8. The first-order valence-corrected chi connectivity index (χ1v) is 22.0. The van der Waals surface area contributed by atoms with E-state index in [0.717, 1.165) is 66.7 Å². The molecule has 3 aliphatic rings. The first-order chi connectivity index (χ1) is 28.4. The number of halogens is 2. The number of fused-ring (bicyclic) bond motifs is 3. The molecule has 0 aromatic heterocycles. The van der Waals surface area contributed by atoms with Crippen LogP contribution in [-0.4, -0.2) is 44.6 Å². The molecule has 0 amide bonds. The molecule has 0 radical (unpaired) electrons. The maximum Gasteiger partial charge on any atom is 0.343 e. The third kappa shape index (κ3) is 12.6. The first-order valence-electron chi connectivity index (χ1n) is 21.3. The summed E-state index contributed by atoms with van der Waals surface area (Å²) in [6.45, 7) is 5.51. The number of hydrogen-bond donors (Lipinski definition) is 0. The average molecular weight is 832 g/mol. The fourth-order valence-electron chi connectivity index (χ4n) is 7.60. The number of esters is 1. The Morgan fingerprint density at radius 1 is 0.621 bits per heavy atom. The second-order valence-electron chi connectivity index (χ2n) is 15.8. The fraction of sp³-hybridized carbons (Fsp3) is 0.479. The SMILES string of the molecule is CC1c2cc(OOCc3ccc(OCCCCCCCCC4CO4)c(Cl)c3)ccc2-c2ccc(OC(=O)c3ccc(OCCCCCCCCC4CO4)c(Cl)c3)cc21. The smallest absolute Gasteiger partial charge is 0.343 e. The molecule has 2 aliphatic heterocycles. The molecule has 58 heavy (non-hydrogen) atoms. The van der Waals surface area contributed by atoms with Gasteiger partial charge in [0.1, 0.15) is 23.9 Å². The third-order valence-electron chi connectivity index (χ3n) is 11.2. The van der Waals surface area contributed by atoms with Crippen molar-refractivity contribution in [2.24, 2.45) is 0 Å². The fourth-order valence-corrected chi connectivity index (χ4v) is 8.09. The predicted molar refractivity (Wildman–Crippen MR) is 228 cm³/mol. The molecule has 3 atom stereocenters. The highest BCUT2D eigenvalue weighted by atomic mass is 35.5. The van der Waals surface area contributed by atoms with Crippen LogP contribution in [0.3, 0.4) is 0 Å². The monoisotopic (exact) mass is 830 g/mol. The maximum atomic E-state index is 13.1. The van der Waals surface area contributed by atoms with Crippen LogP contribution < -0.4 is 19.1 Å². The summed E-state index contributed by atoms with van der Waals surface area (Å²) >= 11 is 13.0. The van der Waals surface area contributed by atoms with Crippen LogP contribution in [0.4, 0.5) is 0 Å². The van der Waals surface area contributed by atoms with E-state index in [0.29, 0.717) is 64.0 Å². The molecule has 310 valence electrons. The van der Waals surface area contributed by atoms with E-state index in [1.54, 1.807) is 18.2 Å². The van der Waals surface area contributed by atoms with Gasteiger partial charge in [-0.3, -0.25) is 0 Å². The molecule has 2 fully saturated rings. The standard InChI is InChI=1S/C48H56Cl2O8/c1-33-42-28-36(57-48(51)35-17-23-47(45(50)27-35)53-25-13-9-5-3-7-11-15-39-32-55-39)18-20-40(42)41-21-19-37(29-43(33)41)58-56-30-34-16-22-46(44(49)26-34)52-24-12-8-4-2-6-10-14-38-31-54-38/h16-23,26-29,33,38-39H,2-15,24-25,30-32H2,1H3. The number of unbranched alkanes of at least 4 members (excludes halogenated alkanes) is 10. The van der Waals surface area contributed by atoms with Crippen molar-refractivity contribution in [3.8, 4) is 34.1 Å². The summed E-state index contributed by atoms with van der Waals surface area (Å²) in [5.74, 6) is 1.90. The lowest BCUT2D eigenvalue weighted by atomic mass is 9.99. The van der Waals surface area contributed by atoms with Gasteiger partial charge in [-0.1, -0.05) is 113 Å². The number of epoxide rings is 2. The van der Waals surface area contributed by atoms with E-state index in [-0.39, 0.29) is 12.5 Å². The number of carbonyl (C=O) groups is 1. The van der Waals surface area contributed by atoms with Gasteiger partial charge in [0.25, 0.3) is 0 Å². The van der Waals surface area contributed by atoms with Crippen LogP contribution in [0.5, 0.6) is 23.0 Å². The highest BCUT2D eigenvalue weighted by Crippen LogP contribution is 2.47. The Balaban J connectivity index is 0.814. The predicted octanol–water partition coefficient (Wildman–Crippen LogP) is 12.9. The zero-order valence-electron chi connectivity index (χ0n) is 33.6. The van der Waals surface area contributed by atoms with E-state index in [1.807, 2.05) is 54.6 Å². The minimum Gasteiger partial charge on any atom is -0.492 e. The van der Waals surface area contributed by atoms with Gasteiger partial charge in [0.05, 0.1) is 54.2 Å². The largest absolute Gasteiger partial charge is 0.492 e. The molecular formula is C48H56Cl2O8. The minimum absolute atomic E-state index is 0.0549. The number of ether oxygens (including phenoxy) is 5. The summed E-state index contributed by atoms with van der Waals surface area (Å²) in [4.78, 5) is 24.5. The van der Waals surface area contributed by atoms with Crippen LogP contribution in [0, 0.1) is 0 Å². The highest BCUT2D eigenvalue weighted by Gasteiger charge is 2.27. The van der Waals surface area contributed by atoms with Crippen LogP contribution in [-0.2, 0) is 21.0 Å². The van der Waals surface area contributed by atoms with Crippen LogP contribution in [0.15, 0.2) is 72.8 Å². The second kappa shape index (κ2) is 21.5.